The third kappa shape index (κ3) is 2.74. The van der Waals surface area contributed by atoms with Crippen molar-refractivity contribution in [2.45, 2.75) is 44.1 Å². The molecule has 0 aromatic carbocycles. The van der Waals surface area contributed by atoms with Gasteiger partial charge >= 0.3 is 0 Å². The topological polar surface area (TPSA) is 73.8 Å². The van der Waals surface area contributed by atoms with E-state index < -0.39 is 0 Å². The van der Waals surface area contributed by atoms with E-state index in [2.05, 4.69) is 26.2 Å². The highest BCUT2D eigenvalue weighted by atomic mass is 79.9. The smallest absolute Gasteiger partial charge is 0.185 e. The Bertz CT molecular complexity index is 404. The second-order valence-corrected chi connectivity index (χ2v) is 5.63. The van der Waals surface area contributed by atoms with Crippen LogP contribution in [0.4, 0.5) is 0 Å². The van der Waals surface area contributed by atoms with Crippen molar-refractivity contribution in [1.82, 2.24) is 15.0 Å². The van der Waals surface area contributed by atoms with Crippen LogP contribution in [0.15, 0.2) is 4.60 Å². The minimum atomic E-state index is -0.334. The summed E-state index contributed by atoms with van der Waals surface area (Å²) in [7, 11) is 1.72. The lowest BCUT2D eigenvalue weighted by Gasteiger charge is -2.32. The molecule has 1 aliphatic rings. The van der Waals surface area contributed by atoms with Crippen molar-refractivity contribution in [2.24, 2.45) is 12.8 Å². The molecule has 0 spiro atoms. The highest BCUT2D eigenvalue weighted by molar-refractivity contribution is 9.10. The summed E-state index contributed by atoms with van der Waals surface area (Å²) in [6, 6.07) is 0. The Hall–Kier alpha value is -0.750. The summed E-state index contributed by atoms with van der Waals surface area (Å²) in [6.45, 7) is 0. The second-order valence-electron chi connectivity index (χ2n) is 4.88. The number of nitrogens with two attached hydrogens (primary N) is 1. The average molecular weight is 301 g/mol. The lowest BCUT2D eigenvalue weighted by Crippen LogP contribution is -2.43. The van der Waals surface area contributed by atoms with Crippen LogP contribution in [0, 0.1) is 0 Å². The fourth-order valence-electron chi connectivity index (χ4n) is 2.46. The third-order valence-electron chi connectivity index (χ3n) is 3.41. The van der Waals surface area contributed by atoms with E-state index in [9.17, 15) is 4.79 Å². The van der Waals surface area contributed by atoms with Crippen molar-refractivity contribution in [1.29, 1.82) is 0 Å². The first-order valence-corrected chi connectivity index (χ1v) is 6.68. The van der Waals surface area contributed by atoms with Crippen LogP contribution in [0.25, 0.3) is 0 Å². The molecular weight excluding hydrogens is 284 g/mol. The summed E-state index contributed by atoms with van der Waals surface area (Å²) in [5.41, 5.74) is 6.46. The summed E-state index contributed by atoms with van der Waals surface area (Å²) in [4.78, 5) is 12.2. The van der Waals surface area contributed by atoms with Gasteiger partial charge in [0.2, 0.25) is 0 Å². The Morgan fingerprint density at radius 1 is 1.47 bits per heavy atom. The van der Waals surface area contributed by atoms with Crippen LogP contribution < -0.4 is 5.73 Å². The minimum Gasteiger partial charge on any atom is -0.325 e. The lowest BCUT2D eigenvalue weighted by molar-refractivity contribution is 0.0924. The maximum atomic E-state index is 12.2. The van der Waals surface area contributed by atoms with Crippen LogP contribution in [0.5, 0.6) is 0 Å². The van der Waals surface area contributed by atoms with Gasteiger partial charge in [0, 0.05) is 19.0 Å². The van der Waals surface area contributed by atoms with Gasteiger partial charge in [-0.2, -0.15) is 0 Å². The number of halogens is 1. The zero-order valence-electron chi connectivity index (χ0n) is 9.95. The zero-order chi connectivity index (χ0) is 12.5. The highest BCUT2D eigenvalue weighted by Crippen LogP contribution is 2.30. The monoisotopic (exact) mass is 300 g/mol. The summed E-state index contributed by atoms with van der Waals surface area (Å²) in [5, 5.41) is 7.63. The lowest BCUT2D eigenvalue weighted by atomic mass is 9.79. The van der Waals surface area contributed by atoms with Crippen LogP contribution in [0.3, 0.4) is 0 Å². The van der Waals surface area contributed by atoms with Gasteiger partial charge in [0.1, 0.15) is 5.69 Å². The summed E-state index contributed by atoms with van der Waals surface area (Å²) in [5.74, 6) is 0.0220. The van der Waals surface area contributed by atoms with E-state index in [0.717, 1.165) is 25.7 Å². The van der Waals surface area contributed by atoms with Crippen molar-refractivity contribution in [3.05, 3.63) is 10.3 Å². The third-order valence-corrected chi connectivity index (χ3v) is 3.95. The molecule has 17 heavy (non-hydrogen) atoms. The van der Waals surface area contributed by atoms with Crippen LogP contribution in [-0.2, 0) is 7.05 Å². The number of hydrogen-bond acceptors (Lipinski definition) is 4. The quantitative estimate of drug-likeness (QED) is 0.864. The first-order valence-electron chi connectivity index (χ1n) is 5.89. The van der Waals surface area contributed by atoms with Gasteiger partial charge in [0.15, 0.2) is 10.4 Å². The minimum absolute atomic E-state index is 0.0220. The van der Waals surface area contributed by atoms with Crippen molar-refractivity contribution in [2.75, 3.05) is 0 Å². The Kier molecular flexibility index (Phi) is 3.63. The molecule has 5 nitrogen and oxygen atoms in total. The highest BCUT2D eigenvalue weighted by Gasteiger charge is 2.32. The van der Waals surface area contributed by atoms with Crippen LogP contribution in [0.1, 0.15) is 49.0 Å². The number of ketones is 1. The predicted octanol–water partition coefficient (Wildman–Crippen LogP) is 1.81. The molecule has 2 N–H and O–H groups in total. The average Bonchev–Trinajstić information content (AvgIpc) is 2.58. The van der Waals surface area contributed by atoms with E-state index in [1.807, 2.05) is 0 Å². The first kappa shape index (κ1) is 12.7. The van der Waals surface area contributed by atoms with E-state index in [-0.39, 0.29) is 11.3 Å². The maximum Gasteiger partial charge on any atom is 0.185 e. The zero-order valence-corrected chi connectivity index (χ0v) is 11.5. The van der Waals surface area contributed by atoms with Gasteiger partial charge < -0.3 is 5.73 Å². The van der Waals surface area contributed by atoms with Gasteiger partial charge in [0.05, 0.1) is 0 Å². The molecule has 6 heteroatoms. The van der Waals surface area contributed by atoms with Crippen molar-refractivity contribution in [3.8, 4) is 0 Å². The van der Waals surface area contributed by atoms with Gasteiger partial charge in [-0.15, -0.1) is 5.10 Å². The van der Waals surface area contributed by atoms with E-state index in [1.54, 1.807) is 7.05 Å². The molecule has 0 unspecified atom stereocenters. The summed E-state index contributed by atoms with van der Waals surface area (Å²) < 4.78 is 2.00. The first-order chi connectivity index (χ1) is 8.02. The van der Waals surface area contributed by atoms with Crippen molar-refractivity contribution in [3.63, 3.8) is 0 Å². The van der Waals surface area contributed by atoms with Crippen LogP contribution >= 0.6 is 15.9 Å². The van der Waals surface area contributed by atoms with Crippen molar-refractivity contribution >= 4 is 21.7 Å². The van der Waals surface area contributed by atoms with Crippen LogP contribution in [0.2, 0.25) is 0 Å². The normalized spacial score (nSPS) is 19.2. The number of carbonyl (C=O) groups excluding carboxylic acids is 1. The molecule has 0 bridgehead atoms. The van der Waals surface area contributed by atoms with Crippen LogP contribution in [-0.4, -0.2) is 26.3 Å². The Balaban J connectivity index is 2.11. The SMILES string of the molecule is Cn1nnc(Br)c1C(=O)CC1(N)CCCCC1. The molecule has 1 aromatic rings. The number of rotatable bonds is 3. The molecule has 1 aromatic heterocycles. The van der Waals surface area contributed by atoms with Crippen molar-refractivity contribution < 1.29 is 4.79 Å². The Labute approximate surface area is 109 Å². The molecule has 1 heterocycles. The molecule has 1 aliphatic carbocycles. The molecule has 1 saturated carbocycles. The number of nitrogens with zero attached hydrogens (tertiary/aromatic N) is 3. The molecule has 0 amide bonds. The Morgan fingerprint density at radius 3 is 2.65 bits per heavy atom. The number of hydrogen-bond donors (Lipinski definition) is 1. The molecule has 1 fully saturated rings. The summed E-state index contributed by atoms with van der Waals surface area (Å²) >= 11 is 3.24. The van der Waals surface area contributed by atoms with Gasteiger partial charge in [-0.05, 0) is 28.8 Å². The molecule has 94 valence electrons. The van der Waals surface area contributed by atoms with E-state index in [0.29, 0.717) is 16.7 Å². The molecule has 0 saturated heterocycles. The van der Waals surface area contributed by atoms with Gasteiger partial charge in [-0.25, -0.2) is 4.68 Å². The number of Topliss-reactive ketones (excluding diaryl/α,β-unsaturated/α-hetero) is 1. The fraction of sp³-hybridized carbons (Fsp3) is 0.727. The van der Waals surface area contributed by atoms with Gasteiger partial charge in [-0.3, -0.25) is 4.79 Å². The molecule has 2 rings (SSSR count). The molecular formula is C11H17BrN4O. The largest absolute Gasteiger partial charge is 0.325 e. The van der Waals surface area contributed by atoms with E-state index in [1.165, 1.54) is 11.1 Å². The van der Waals surface area contributed by atoms with E-state index in [4.69, 9.17) is 5.73 Å². The fourth-order valence-corrected chi connectivity index (χ4v) is 3.01. The molecule has 0 radical (unpaired) electrons. The number of carbonyl (C=O) groups is 1. The van der Waals surface area contributed by atoms with E-state index >= 15 is 0 Å². The molecule has 0 atom stereocenters. The predicted molar refractivity (Wildman–Crippen MR) is 67.7 cm³/mol. The van der Waals surface area contributed by atoms with Gasteiger partial charge in [-0.1, -0.05) is 24.5 Å². The number of aryl methyl sites for hydroxylation is 1. The maximum absolute atomic E-state index is 12.2. The standard InChI is InChI=1S/C11H17BrN4O/c1-16-9(10(12)14-15-16)8(17)7-11(13)5-3-2-4-6-11/h2-7,13H2,1H3. The van der Waals surface area contributed by atoms with Gasteiger partial charge in [0.25, 0.3) is 0 Å². The summed E-state index contributed by atoms with van der Waals surface area (Å²) in [6.07, 6.45) is 5.71. The number of aromatic nitrogens is 3. The molecule has 0 aliphatic heterocycles. The second kappa shape index (κ2) is 4.86. The Morgan fingerprint density at radius 2 is 2.12 bits per heavy atom.